The summed E-state index contributed by atoms with van der Waals surface area (Å²) in [6, 6.07) is 0. The van der Waals surface area contributed by atoms with Crippen LogP contribution in [0.2, 0.25) is 0 Å². The van der Waals surface area contributed by atoms with Crippen LogP contribution >= 0.6 is 11.8 Å². The van der Waals surface area contributed by atoms with E-state index >= 15 is 0 Å². The van der Waals surface area contributed by atoms with Crippen molar-refractivity contribution in [2.75, 3.05) is 24.8 Å². The van der Waals surface area contributed by atoms with Gasteiger partial charge in [-0.2, -0.15) is 0 Å². The van der Waals surface area contributed by atoms with Gasteiger partial charge in [-0.1, -0.05) is 12.2 Å². The second-order valence-corrected chi connectivity index (χ2v) is 5.36. The molecule has 1 fully saturated rings. The van der Waals surface area contributed by atoms with Gasteiger partial charge in [0.1, 0.15) is 6.54 Å². The van der Waals surface area contributed by atoms with Crippen molar-refractivity contribution in [3.05, 3.63) is 12.2 Å². The molecule has 0 N–H and O–H groups in total. The number of carbonyl (C=O) groups excluding carboxylic acids is 2. The summed E-state index contributed by atoms with van der Waals surface area (Å²) >= 11 is 1.54. The number of rotatable bonds is 4. The molecule has 1 aliphatic carbocycles. The lowest BCUT2D eigenvalue weighted by atomic mass is 9.95. The molecule has 1 atom stereocenters. The molecule has 2 rings (SSSR count). The van der Waals surface area contributed by atoms with Crippen LogP contribution in [0.3, 0.4) is 0 Å². The monoisotopic (exact) mass is 255 g/mol. The Morgan fingerprint density at radius 3 is 3.06 bits per heavy atom. The molecular formula is C12H17NO3S. The summed E-state index contributed by atoms with van der Waals surface area (Å²) in [5, 5.41) is 0. The Morgan fingerprint density at radius 2 is 2.41 bits per heavy atom. The van der Waals surface area contributed by atoms with E-state index in [1.165, 1.54) is 11.8 Å². The highest BCUT2D eigenvalue weighted by molar-refractivity contribution is 8.00. The van der Waals surface area contributed by atoms with Gasteiger partial charge in [0, 0.05) is 0 Å². The van der Waals surface area contributed by atoms with Crippen LogP contribution in [0.4, 0.5) is 0 Å². The Labute approximate surface area is 105 Å². The summed E-state index contributed by atoms with van der Waals surface area (Å²) < 4.78 is 5.22. The van der Waals surface area contributed by atoms with Crippen LogP contribution in [0.1, 0.15) is 19.3 Å². The predicted octanol–water partition coefficient (Wildman–Crippen LogP) is 1.42. The van der Waals surface area contributed by atoms with Gasteiger partial charge in [-0.15, -0.1) is 11.8 Å². The Kier molecular flexibility index (Phi) is 4.48. The summed E-state index contributed by atoms with van der Waals surface area (Å²) in [6.45, 7) is 0.590. The normalized spacial score (nSPS) is 24.1. The second kappa shape index (κ2) is 6.10. The summed E-state index contributed by atoms with van der Waals surface area (Å²) in [4.78, 5) is 24.4. The van der Waals surface area contributed by atoms with Gasteiger partial charge >= 0.3 is 5.97 Å². The smallest absolute Gasteiger partial charge is 0.325 e. The van der Waals surface area contributed by atoms with Crippen molar-refractivity contribution in [2.45, 2.75) is 19.3 Å². The van der Waals surface area contributed by atoms with Gasteiger partial charge in [0.25, 0.3) is 0 Å². The van der Waals surface area contributed by atoms with Crippen LogP contribution in [-0.2, 0) is 14.3 Å². The summed E-state index contributed by atoms with van der Waals surface area (Å²) in [7, 11) is 0. The minimum absolute atomic E-state index is 0.0348. The molecule has 0 aromatic carbocycles. The zero-order valence-corrected chi connectivity index (χ0v) is 10.6. The van der Waals surface area contributed by atoms with E-state index < -0.39 is 0 Å². The summed E-state index contributed by atoms with van der Waals surface area (Å²) in [5.74, 6) is 1.30. The van der Waals surface area contributed by atoms with E-state index in [0.29, 0.717) is 24.2 Å². The molecule has 4 nitrogen and oxygen atoms in total. The van der Waals surface area contributed by atoms with Crippen molar-refractivity contribution in [1.29, 1.82) is 0 Å². The number of hydrogen-bond donors (Lipinski definition) is 0. The maximum absolute atomic E-state index is 11.5. The quantitative estimate of drug-likeness (QED) is 0.563. The summed E-state index contributed by atoms with van der Waals surface area (Å²) in [5.41, 5.74) is 0. The minimum atomic E-state index is -0.282. The van der Waals surface area contributed by atoms with Gasteiger partial charge in [0.15, 0.2) is 0 Å². The molecule has 1 amide bonds. The topological polar surface area (TPSA) is 46.6 Å². The van der Waals surface area contributed by atoms with Crippen LogP contribution in [0, 0.1) is 5.92 Å². The molecule has 0 radical (unpaired) electrons. The van der Waals surface area contributed by atoms with Crippen LogP contribution in [-0.4, -0.2) is 41.6 Å². The fourth-order valence-electron chi connectivity index (χ4n) is 1.96. The molecule has 0 spiro atoms. The third-order valence-electron chi connectivity index (χ3n) is 3.00. The molecule has 2 aliphatic rings. The van der Waals surface area contributed by atoms with Gasteiger partial charge in [0.2, 0.25) is 5.91 Å². The van der Waals surface area contributed by atoms with E-state index in [2.05, 4.69) is 12.2 Å². The largest absolute Gasteiger partial charge is 0.464 e. The van der Waals surface area contributed by atoms with Crippen molar-refractivity contribution in [1.82, 2.24) is 4.90 Å². The lowest BCUT2D eigenvalue weighted by Gasteiger charge is -2.19. The molecule has 17 heavy (non-hydrogen) atoms. The van der Waals surface area contributed by atoms with Gasteiger partial charge in [-0.25, -0.2) is 0 Å². The van der Waals surface area contributed by atoms with Crippen LogP contribution in [0.15, 0.2) is 12.2 Å². The van der Waals surface area contributed by atoms with E-state index in [9.17, 15) is 9.59 Å². The number of allylic oxidation sites excluding steroid dienone is 2. The standard InChI is InChI=1S/C12H17NO3S/c14-11-8-17-9-13(11)6-12(15)16-7-10-4-2-1-3-5-10/h1-2,10H,3-9H2. The lowest BCUT2D eigenvalue weighted by molar-refractivity contribution is -0.149. The van der Waals surface area contributed by atoms with Crippen molar-refractivity contribution >= 4 is 23.6 Å². The first-order chi connectivity index (χ1) is 8.25. The first kappa shape index (κ1) is 12.5. The highest BCUT2D eigenvalue weighted by Crippen LogP contribution is 2.18. The average molecular weight is 255 g/mol. The van der Waals surface area contributed by atoms with Crippen molar-refractivity contribution in [3.63, 3.8) is 0 Å². The summed E-state index contributed by atoms with van der Waals surface area (Å²) in [6.07, 6.45) is 7.46. The average Bonchev–Trinajstić information content (AvgIpc) is 2.74. The van der Waals surface area contributed by atoms with E-state index in [1.54, 1.807) is 4.90 Å². The number of esters is 1. The molecule has 0 aromatic rings. The van der Waals surface area contributed by atoms with Crippen LogP contribution < -0.4 is 0 Å². The van der Waals surface area contributed by atoms with Crippen molar-refractivity contribution < 1.29 is 14.3 Å². The molecule has 0 bridgehead atoms. The molecule has 0 saturated carbocycles. The lowest BCUT2D eigenvalue weighted by Crippen LogP contribution is -2.33. The first-order valence-electron chi connectivity index (χ1n) is 5.92. The van der Waals surface area contributed by atoms with Gasteiger partial charge in [0.05, 0.1) is 18.2 Å². The third kappa shape index (κ3) is 3.77. The molecule has 1 saturated heterocycles. The zero-order valence-electron chi connectivity index (χ0n) is 9.76. The van der Waals surface area contributed by atoms with Gasteiger partial charge < -0.3 is 9.64 Å². The van der Waals surface area contributed by atoms with E-state index in [1.807, 2.05) is 0 Å². The Bertz CT molecular complexity index is 330. The molecule has 5 heteroatoms. The van der Waals surface area contributed by atoms with Gasteiger partial charge in [-0.3, -0.25) is 9.59 Å². The fourth-order valence-corrected chi connectivity index (χ4v) is 2.86. The molecular weight excluding hydrogens is 238 g/mol. The van der Waals surface area contributed by atoms with Crippen molar-refractivity contribution in [2.24, 2.45) is 5.92 Å². The maximum Gasteiger partial charge on any atom is 0.325 e. The van der Waals surface area contributed by atoms with Crippen molar-refractivity contribution in [3.8, 4) is 0 Å². The molecule has 0 aromatic heterocycles. The first-order valence-corrected chi connectivity index (χ1v) is 7.07. The number of thioether (sulfide) groups is 1. The van der Waals surface area contributed by atoms with E-state index in [0.717, 1.165) is 19.3 Å². The number of hydrogen-bond acceptors (Lipinski definition) is 4. The number of amides is 1. The SMILES string of the molecule is O=C(CN1CSCC1=O)OCC1CC=CCC1. The predicted molar refractivity (Wildman–Crippen MR) is 66.5 cm³/mol. The van der Waals surface area contributed by atoms with Crippen LogP contribution in [0.5, 0.6) is 0 Å². The van der Waals surface area contributed by atoms with Gasteiger partial charge in [-0.05, 0) is 25.2 Å². The molecule has 94 valence electrons. The number of nitrogens with zero attached hydrogens (tertiary/aromatic N) is 1. The third-order valence-corrected chi connectivity index (χ3v) is 3.95. The highest BCUT2D eigenvalue weighted by atomic mass is 32.2. The molecule has 1 unspecified atom stereocenters. The minimum Gasteiger partial charge on any atom is -0.464 e. The molecule has 1 aliphatic heterocycles. The maximum atomic E-state index is 11.5. The Balaban J connectivity index is 1.66. The number of carbonyl (C=O) groups is 2. The number of ether oxygens (including phenoxy) is 1. The highest BCUT2D eigenvalue weighted by Gasteiger charge is 2.23. The second-order valence-electron chi connectivity index (χ2n) is 4.40. The Hall–Kier alpha value is -0.970. The van der Waals surface area contributed by atoms with E-state index in [-0.39, 0.29) is 18.4 Å². The molecule has 1 heterocycles. The van der Waals surface area contributed by atoms with Crippen LogP contribution in [0.25, 0.3) is 0 Å². The fraction of sp³-hybridized carbons (Fsp3) is 0.667. The zero-order chi connectivity index (χ0) is 12.1. The Morgan fingerprint density at radius 1 is 1.53 bits per heavy atom. The van der Waals surface area contributed by atoms with E-state index in [4.69, 9.17) is 4.74 Å².